The van der Waals surface area contributed by atoms with Gasteiger partial charge in [-0.15, -0.1) is 0 Å². The topological polar surface area (TPSA) is 38.8 Å². The molecule has 3 aliphatic rings. The number of allylic oxidation sites excluding steroid dienone is 4. The molecule has 23 heavy (non-hydrogen) atoms. The number of carbonyl (C=O) groups excluding carboxylic acids is 1. The van der Waals surface area contributed by atoms with Crippen molar-refractivity contribution >= 4 is 11.4 Å². The standard InChI is InChI=1S/C19H21NO3/c21-17-13-18(20-9-11-22-12-10-20)23-19-15(7-4-8-16(17)19)14-5-2-1-3-6-14/h1-2,4-5,7-8,18H,3,6,9-13H2. The summed E-state index contributed by atoms with van der Waals surface area (Å²) >= 11 is 0. The molecule has 0 bridgehead atoms. The van der Waals surface area contributed by atoms with Gasteiger partial charge in [0.15, 0.2) is 12.0 Å². The van der Waals surface area contributed by atoms with Gasteiger partial charge in [0.25, 0.3) is 0 Å². The van der Waals surface area contributed by atoms with E-state index in [0.29, 0.717) is 19.6 Å². The molecule has 0 radical (unpaired) electrons. The minimum Gasteiger partial charge on any atom is -0.473 e. The van der Waals surface area contributed by atoms with Gasteiger partial charge in [-0.3, -0.25) is 9.69 Å². The van der Waals surface area contributed by atoms with Crippen LogP contribution in [0.4, 0.5) is 0 Å². The van der Waals surface area contributed by atoms with E-state index in [4.69, 9.17) is 9.47 Å². The summed E-state index contributed by atoms with van der Waals surface area (Å²) in [6, 6.07) is 5.92. The first-order valence-corrected chi connectivity index (χ1v) is 8.33. The van der Waals surface area contributed by atoms with Gasteiger partial charge in [-0.2, -0.15) is 0 Å². The number of rotatable bonds is 2. The second kappa shape index (κ2) is 6.30. The summed E-state index contributed by atoms with van der Waals surface area (Å²) in [7, 11) is 0. The fourth-order valence-corrected chi connectivity index (χ4v) is 3.48. The summed E-state index contributed by atoms with van der Waals surface area (Å²) in [5, 5.41) is 0. The predicted octanol–water partition coefficient (Wildman–Crippen LogP) is 3.04. The summed E-state index contributed by atoms with van der Waals surface area (Å²) in [5.41, 5.74) is 3.04. The van der Waals surface area contributed by atoms with Crippen LogP contribution >= 0.6 is 0 Å². The number of Topliss-reactive ketones (excluding diaryl/α,β-unsaturated/α-hetero) is 1. The van der Waals surface area contributed by atoms with Gasteiger partial charge < -0.3 is 9.47 Å². The number of hydrogen-bond donors (Lipinski definition) is 0. The molecule has 4 nitrogen and oxygen atoms in total. The summed E-state index contributed by atoms with van der Waals surface area (Å²) in [4.78, 5) is 14.8. The fraction of sp³-hybridized carbons (Fsp3) is 0.421. The number of ketones is 1. The minimum atomic E-state index is -0.167. The van der Waals surface area contributed by atoms with Crippen molar-refractivity contribution in [3.8, 4) is 5.75 Å². The van der Waals surface area contributed by atoms with Crippen molar-refractivity contribution in [1.29, 1.82) is 0 Å². The second-order valence-corrected chi connectivity index (χ2v) is 6.19. The van der Waals surface area contributed by atoms with Crippen molar-refractivity contribution in [2.45, 2.75) is 25.5 Å². The zero-order valence-electron chi connectivity index (χ0n) is 13.2. The Kier molecular flexibility index (Phi) is 4.02. The molecule has 1 aliphatic carbocycles. The van der Waals surface area contributed by atoms with Crippen molar-refractivity contribution in [2.75, 3.05) is 26.3 Å². The Labute approximate surface area is 136 Å². The van der Waals surface area contributed by atoms with Gasteiger partial charge in [-0.1, -0.05) is 30.4 Å². The molecule has 0 aromatic heterocycles. The highest BCUT2D eigenvalue weighted by Crippen LogP contribution is 2.38. The maximum atomic E-state index is 12.6. The van der Waals surface area contributed by atoms with E-state index in [1.165, 1.54) is 5.57 Å². The van der Waals surface area contributed by atoms with Gasteiger partial charge in [0.05, 0.1) is 25.2 Å². The molecule has 0 spiro atoms. The number of ether oxygens (including phenoxy) is 2. The van der Waals surface area contributed by atoms with Crippen molar-refractivity contribution in [2.24, 2.45) is 0 Å². The predicted molar refractivity (Wildman–Crippen MR) is 88.5 cm³/mol. The Hall–Kier alpha value is -1.91. The van der Waals surface area contributed by atoms with E-state index in [-0.39, 0.29) is 12.0 Å². The summed E-state index contributed by atoms with van der Waals surface area (Å²) in [5.74, 6) is 0.943. The van der Waals surface area contributed by atoms with Crippen molar-refractivity contribution in [3.63, 3.8) is 0 Å². The zero-order chi connectivity index (χ0) is 15.6. The van der Waals surface area contributed by atoms with Crippen LogP contribution in [0.5, 0.6) is 5.75 Å². The third-order valence-corrected chi connectivity index (χ3v) is 4.74. The van der Waals surface area contributed by atoms with E-state index in [0.717, 1.165) is 42.8 Å². The average Bonchev–Trinajstić information content (AvgIpc) is 2.63. The van der Waals surface area contributed by atoms with Gasteiger partial charge in [0.2, 0.25) is 0 Å². The maximum absolute atomic E-state index is 12.6. The second-order valence-electron chi connectivity index (χ2n) is 6.19. The van der Waals surface area contributed by atoms with Crippen LogP contribution in [0.3, 0.4) is 0 Å². The van der Waals surface area contributed by atoms with Gasteiger partial charge >= 0.3 is 0 Å². The quantitative estimate of drug-likeness (QED) is 0.841. The number of nitrogens with zero attached hydrogens (tertiary/aromatic N) is 1. The van der Waals surface area contributed by atoms with Crippen LogP contribution in [0.1, 0.15) is 35.2 Å². The Balaban J connectivity index is 1.68. The Morgan fingerprint density at radius 2 is 1.96 bits per heavy atom. The molecule has 0 amide bonds. The average molecular weight is 311 g/mol. The van der Waals surface area contributed by atoms with E-state index in [1.54, 1.807) is 0 Å². The number of benzene rings is 1. The lowest BCUT2D eigenvalue weighted by Gasteiger charge is -2.37. The molecule has 4 rings (SSSR count). The van der Waals surface area contributed by atoms with E-state index in [2.05, 4.69) is 29.2 Å². The van der Waals surface area contributed by atoms with Gasteiger partial charge in [-0.05, 0) is 24.5 Å². The van der Waals surface area contributed by atoms with Crippen LogP contribution in [-0.4, -0.2) is 43.2 Å². The van der Waals surface area contributed by atoms with E-state index in [1.807, 2.05) is 12.1 Å². The first-order chi connectivity index (χ1) is 11.3. The highest BCUT2D eigenvalue weighted by Gasteiger charge is 2.33. The first-order valence-electron chi connectivity index (χ1n) is 8.33. The summed E-state index contributed by atoms with van der Waals surface area (Å²) in [6.07, 6.45) is 8.67. The lowest BCUT2D eigenvalue weighted by Crippen LogP contribution is -2.48. The molecule has 1 fully saturated rings. The molecule has 1 unspecified atom stereocenters. The third-order valence-electron chi connectivity index (χ3n) is 4.74. The Morgan fingerprint density at radius 1 is 1.13 bits per heavy atom. The van der Waals surface area contributed by atoms with E-state index >= 15 is 0 Å². The number of para-hydroxylation sites is 1. The summed E-state index contributed by atoms with van der Waals surface area (Å²) in [6.45, 7) is 3.05. The highest BCUT2D eigenvalue weighted by atomic mass is 16.5. The largest absolute Gasteiger partial charge is 0.473 e. The number of fused-ring (bicyclic) bond motifs is 1. The van der Waals surface area contributed by atoms with Gasteiger partial charge in [0.1, 0.15) is 5.75 Å². The molecule has 1 aromatic rings. The van der Waals surface area contributed by atoms with Crippen LogP contribution in [0, 0.1) is 0 Å². The SMILES string of the molecule is O=C1CC(N2CCOCC2)Oc2c1cccc2C1=CC=CCC1. The van der Waals surface area contributed by atoms with Crippen LogP contribution in [0.2, 0.25) is 0 Å². The molecule has 0 saturated carbocycles. The molecule has 0 N–H and O–H groups in total. The fourth-order valence-electron chi connectivity index (χ4n) is 3.48. The minimum absolute atomic E-state index is 0.167. The van der Waals surface area contributed by atoms with Crippen LogP contribution in [0.25, 0.3) is 5.57 Å². The molecule has 120 valence electrons. The number of hydrogen-bond acceptors (Lipinski definition) is 4. The molecule has 1 saturated heterocycles. The zero-order valence-corrected chi connectivity index (χ0v) is 13.2. The molecular weight excluding hydrogens is 290 g/mol. The molecule has 1 aromatic carbocycles. The van der Waals surface area contributed by atoms with Gasteiger partial charge in [0, 0.05) is 18.7 Å². The molecule has 1 atom stereocenters. The third kappa shape index (κ3) is 2.84. The van der Waals surface area contributed by atoms with Crippen LogP contribution < -0.4 is 4.74 Å². The molecule has 2 heterocycles. The van der Waals surface area contributed by atoms with E-state index < -0.39 is 0 Å². The number of carbonyl (C=O) groups is 1. The van der Waals surface area contributed by atoms with Crippen LogP contribution in [-0.2, 0) is 4.74 Å². The van der Waals surface area contributed by atoms with Gasteiger partial charge in [-0.25, -0.2) is 0 Å². The number of morpholine rings is 1. The van der Waals surface area contributed by atoms with Crippen molar-refractivity contribution in [3.05, 3.63) is 47.6 Å². The van der Waals surface area contributed by atoms with E-state index in [9.17, 15) is 4.79 Å². The molecule has 2 aliphatic heterocycles. The van der Waals surface area contributed by atoms with Crippen molar-refractivity contribution < 1.29 is 14.3 Å². The molecular formula is C19H21NO3. The molecule has 4 heteroatoms. The lowest BCUT2D eigenvalue weighted by molar-refractivity contribution is -0.0489. The normalized spacial score (nSPS) is 24.8. The highest BCUT2D eigenvalue weighted by molar-refractivity contribution is 6.01. The Morgan fingerprint density at radius 3 is 2.74 bits per heavy atom. The lowest BCUT2D eigenvalue weighted by atomic mass is 9.92. The van der Waals surface area contributed by atoms with Crippen molar-refractivity contribution in [1.82, 2.24) is 4.90 Å². The smallest absolute Gasteiger partial charge is 0.171 e. The first kappa shape index (κ1) is 14.7. The Bertz CT molecular complexity index is 671. The van der Waals surface area contributed by atoms with Crippen LogP contribution in [0.15, 0.2) is 36.4 Å². The maximum Gasteiger partial charge on any atom is 0.171 e. The monoisotopic (exact) mass is 311 g/mol. The summed E-state index contributed by atoms with van der Waals surface area (Å²) < 4.78 is 11.7.